The lowest BCUT2D eigenvalue weighted by Gasteiger charge is -2.28. The molecule has 0 radical (unpaired) electrons. The van der Waals surface area contributed by atoms with Crippen molar-refractivity contribution in [1.29, 1.82) is 0 Å². The molecule has 5 heterocycles. The Labute approximate surface area is 405 Å². The third kappa shape index (κ3) is 14.7. The maximum Gasteiger partial charge on any atom is 0.338 e. The van der Waals surface area contributed by atoms with Crippen molar-refractivity contribution in [3.8, 4) is 33.9 Å². The molecule has 0 spiro atoms. The van der Waals surface area contributed by atoms with E-state index in [0.29, 0.717) is 63.9 Å². The number of anilines is 1. The summed E-state index contributed by atoms with van der Waals surface area (Å²) in [5.41, 5.74) is 14.4. The van der Waals surface area contributed by atoms with E-state index in [0.717, 1.165) is 19.6 Å². The normalized spacial score (nSPS) is 11.6. The molecular formula is C46H58Cl3F2N13O3. The average molecular weight is 985 g/mol. The van der Waals surface area contributed by atoms with Gasteiger partial charge in [0.25, 0.3) is 0 Å². The van der Waals surface area contributed by atoms with Crippen molar-refractivity contribution in [2.45, 2.75) is 27.7 Å². The molecule has 0 aliphatic carbocycles. The fourth-order valence-corrected chi connectivity index (χ4v) is 7.66. The summed E-state index contributed by atoms with van der Waals surface area (Å²) < 4.78 is 40.9. The van der Waals surface area contributed by atoms with E-state index in [2.05, 4.69) is 90.9 Å². The number of carbonyl (C=O) groups is 1. The van der Waals surface area contributed by atoms with Crippen LogP contribution in [0, 0.1) is 22.5 Å². The number of guanidine groups is 1. The van der Waals surface area contributed by atoms with Gasteiger partial charge in [-0.15, -0.1) is 0 Å². The molecule has 2 aromatic carbocycles. The van der Waals surface area contributed by atoms with Crippen molar-refractivity contribution in [1.82, 2.24) is 43.4 Å². The molecule has 0 atom stereocenters. The van der Waals surface area contributed by atoms with Gasteiger partial charge in [0, 0.05) is 81.1 Å². The zero-order chi connectivity index (χ0) is 48.5. The molecule has 16 nitrogen and oxygen atoms in total. The fraction of sp³-hybridized carbons (Fsp3) is 0.348. The molecule has 0 unspecified atom stereocenters. The average Bonchev–Trinajstić information content (AvgIpc) is 4.01. The number of hydrogen-bond acceptors (Lipinski definition) is 11. The Morgan fingerprint density at radius 3 is 1.90 bits per heavy atom. The standard InChI is InChI=1S/C22H24ClFN6O.C16H13ClFN3O2.C8H20N4.ClH/c1-22(2,13-29(3)4)12-26-20-25-8-7-17(27-20)19-18(28-21-30(19)9-10-31-21)15-6-5-14(24)11-16(15)23;1-20(2)6-5-13(22)15-14(19-16-21(15)7-8-23-16)11-4-3-10(18)9-12(11)17;1-8(2,6-12(3)4)5-11-7(9)10;/h5-11H,12-13H2,1-4H3,(H,25,26,27);3-9H,1-2H3;5-6H2,1-4H3,(H4,9,10,11);1H. The summed E-state index contributed by atoms with van der Waals surface area (Å²) in [6, 6.07) is 9.97. The second kappa shape index (κ2) is 23.1. The molecule has 0 saturated heterocycles. The van der Waals surface area contributed by atoms with Gasteiger partial charge in [0.05, 0.1) is 22.3 Å². The number of hydrogen-bond donors (Lipinski definition) is 4. The number of nitrogens with one attached hydrogen (secondary N) is 2. The van der Waals surface area contributed by atoms with E-state index in [1.165, 1.54) is 47.1 Å². The lowest BCUT2D eigenvalue weighted by molar-refractivity contribution is -0.476. The number of rotatable bonds is 15. The second-order valence-electron chi connectivity index (χ2n) is 17.9. The molecule has 0 amide bonds. The smallest absolute Gasteiger partial charge is 0.338 e. The third-order valence-electron chi connectivity index (χ3n) is 9.54. The maximum atomic E-state index is 13.6. The van der Waals surface area contributed by atoms with Crippen LogP contribution < -0.4 is 34.2 Å². The quantitative estimate of drug-likeness (QED) is 0.0507. The lowest BCUT2D eigenvalue weighted by Crippen LogP contribution is -3.00. The monoisotopic (exact) mass is 983 g/mol. The number of nitrogens with zero attached hydrogens (tertiary/aromatic N) is 9. The minimum absolute atomic E-state index is 0. The van der Waals surface area contributed by atoms with Crippen molar-refractivity contribution in [2.75, 3.05) is 73.8 Å². The summed E-state index contributed by atoms with van der Waals surface area (Å²) in [6.07, 6.45) is 11.1. The van der Waals surface area contributed by atoms with Crippen molar-refractivity contribution < 1.29 is 39.8 Å². The van der Waals surface area contributed by atoms with E-state index in [4.69, 9.17) is 48.5 Å². The first-order valence-electron chi connectivity index (χ1n) is 20.7. The Kier molecular flexibility index (Phi) is 18.5. The second-order valence-corrected chi connectivity index (χ2v) is 18.7. The van der Waals surface area contributed by atoms with Gasteiger partial charge in [-0.1, -0.05) is 50.9 Å². The van der Waals surface area contributed by atoms with Gasteiger partial charge in [-0.2, -0.15) is 9.97 Å². The van der Waals surface area contributed by atoms with Crippen molar-refractivity contribution in [3.05, 3.63) is 113 Å². The van der Waals surface area contributed by atoms with Gasteiger partial charge in [0.15, 0.2) is 0 Å². The van der Waals surface area contributed by atoms with Crippen LogP contribution in [0.25, 0.3) is 45.6 Å². The first kappa shape index (κ1) is 53.6. The van der Waals surface area contributed by atoms with Crippen LogP contribution in [0.3, 0.4) is 0 Å². The van der Waals surface area contributed by atoms with Gasteiger partial charge in [-0.25, -0.2) is 18.7 Å². The Hall–Kier alpha value is -6.05. The minimum atomic E-state index is -0.456. The molecule has 0 saturated carbocycles. The van der Waals surface area contributed by atoms with E-state index in [-0.39, 0.29) is 44.9 Å². The zero-order valence-corrected chi connectivity index (χ0v) is 41.5. The number of imidazole rings is 2. The minimum Gasteiger partial charge on any atom is -1.00 e. The predicted octanol–water partition coefficient (Wildman–Crippen LogP) is 3.42. The van der Waals surface area contributed by atoms with Crippen molar-refractivity contribution in [3.63, 3.8) is 0 Å². The Morgan fingerprint density at radius 2 is 1.34 bits per heavy atom. The molecule has 7 aromatic rings. The SMILES string of the molecule is CN(C)C=CC(=O)c1c(-c2ccc(F)cc2Cl)nc2occn12.CN(C)CC(C)(C)CNc1nccc(-c2c(-c3ccc(F)cc3Cl)nc3occn23)n1.CN(C)CC(C)(C)C[NH+]=C(N)N.[Cl-]. The summed E-state index contributed by atoms with van der Waals surface area (Å²) in [5, 5.41) is 3.78. The molecule has 7 rings (SSSR count). The summed E-state index contributed by atoms with van der Waals surface area (Å²) in [4.78, 5) is 39.5. The summed E-state index contributed by atoms with van der Waals surface area (Å²) in [6.45, 7) is 12.1. The predicted molar refractivity (Wildman–Crippen MR) is 256 cm³/mol. The molecule has 21 heteroatoms. The molecule has 67 heavy (non-hydrogen) atoms. The summed E-state index contributed by atoms with van der Waals surface area (Å²) >= 11 is 12.4. The first-order chi connectivity index (χ1) is 31.0. The number of carbonyl (C=O) groups excluding carboxylic acids is 1. The number of aromatic nitrogens is 6. The number of allylic oxidation sites excluding steroid dienone is 1. The van der Waals surface area contributed by atoms with E-state index in [1.807, 2.05) is 14.1 Å². The fourth-order valence-electron chi connectivity index (χ4n) is 7.15. The van der Waals surface area contributed by atoms with Crippen LogP contribution in [0.4, 0.5) is 14.7 Å². The number of benzene rings is 2. The van der Waals surface area contributed by atoms with Crippen LogP contribution in [0.15, 0.2) is 94.7 Å². The largest absolute Gasteiger partial charge is 1.00 e. The Balaban J connectivity index is 0.000000240. The summed E-state index contributed by atoms with van der Waals surface area (Å²) in [7, 11) is 11.8. The Morgan fingerprint density at radius 1 is 0.806 bits per heavy atom. The molecule has 5 aromatic heterocycles. The summed E-state index contributed by atoms with van der Waals surface area (Å²) in [5.74, 6) is 0.338. The van der Waals surface area contributed by atoms with Crippen LogP contribution >= 0.6 is 23.2 Å². The van der Waals surface area contributed by atoms with Gasteiger partial charge in [-0.05, 0) is 76.1 Å². The van der Waals surface area contributed by atoms with Crippen LogP contribution in [0.2, 0.25) is 10.0 Å². The number of halogens is 5. The topological polar surface area (TPSA) is 191 Å². The van der Waals surface area contributed by atoms with Crippen molar-refractivity contribution in [2.24, 2.45) is 22.3 Å². The number of nitrogens with two attached hydrogens (primary N) is 2. The van der Waals surface area contributed by atoms with Gasteiger partial charge in [0.1, 0.15) is 46.9 Å². The molecule has 0 aliphatic rings. The maximum absolute atomic E-state index is 13.6. The molecule has 360 valence electrons. The number of oxazole rings is 2. The highest BCUT2D eigenvalue weighted by atomic mass is 35.5. The van der Waals surface area contributed by atoms with Crippen molar-refractivity contribution >= 4 is 52.6 Å². The molecule has 0 fully saturated rings. The molecular weight excluding hydrogens is 927 g/mol. The molecule has 0 aliphatic heterocycles. The van der Waals surface area contributed by atoms with Crippen LogP contribution in [0.5, 0.6) is 0 Å². The Bertz CT molecular complexity index is 2810. The molecule has 0 bridgehead atoms. The van der Waals surface area contributed by atoms with Crippen LogP contribution in [-0.4, -0.2) is 124 Å². The molecule has 6 N–H and O–H groups in total. The highest BCUT2D eigenvalue weighted by Crippen LogP contribution is 2.37. The number of fused-ring (bicyclic) bond motifs is 2. The highest BCUT2D eigenvalue weighted by molar-refractivity contribution is 6.34. The van der Waals surface area contributed by atoms with E-state index < -0.39 is 11.6 Å². The van der Waals surface area contributed by atoms with Gasteiger partial charge in [0.2, 0.25) is 11.7 Å². The number of ketones is 1. The van der Waals surface area contributed by atoms with Gasteiger partial charge in [-0.3, -0.25) is 30.1 Å². The highest BCUT2D eigenvalue weighted by Gasteiger charge is 2.25. The van der Waals surface area contributed by atoms with E-state index in [9.17, 15) is 13.6 Å². The van der Waals surface area contributed by atoms with Crippen LogP contribution in [0.1, 0.15) is 38.2 Å². The van der Waals surface area contributed by atoms with Gasteiger partial charge < -0.3 is 41.3 Å². The third-order valence-corrected chi connectivity index (χ3v) is 10.2. The first-order valence-corrected chi connectivity index (χ1v) is 21.5. The zero-order valence-electron chi connectivity index (χ0n) is 39.2. The van der Waals surface area contributed by atoms with Crippen LogP contribution in [-0.2, 0) is 0 Å². The lowest BCUT2D eigenvalue weighted by atomic mass is 9.93. The van der Waals surface area contributed by atoms with E-state index >= 15 is 0 Å². The van der Waals surface area contributed by atoms with E-state index in [1.54, 1.807) is 52.5 Å². The van der Waals surface area contributed by atoms with Gasteiger partial charge >= 0.3 is 17.6 Å².